The van der Waals surface area contributed by atoms with Gasteiger partial charge in [0, 0.05) is 0 Å². The van der Waals surface area contributed by atoms with Crippen molar-refractivity contribution < 1.29 is 23.1 Å². The molecule has 0 aliphatic heterocycles. The van der Waals surface area contributed by atoms with Crippen molar-refractivity contribution in [2.75, 3.05) is 5.32 Å². The second kappa shape index (κ2) is 4.87. The van der Waals surface area contributed by atoms with Gasteiger partial charge < -0.3 is 10.4 Å². The highest BCUT2D eigenvalue weighted by molar-refractivity contribution is 5.77. The van der Waals surface area contributed by atoms with Crippen LogP contribution in [-0.2, 0) is 4.79 Å². The molecule has 0 aliphatic rings. The van der Waals surface area contributed by atoms with E-state index in [-0.39, 0.29) is 12.1 Å². The largest absolute Gasteiger partial charge is 0.480 e. The Hall–Kier alpha value is -1.72. The number of benzene rings is 1. The first-order valence-electron chi connectivity index (χ1n) is 4.60. The number of hydrogen-bond donors (Lipinski definition) is 2. The average Bonchev–Trinajstić information content (AvgIpc) is 2.25. The number of carboxylic acids is 1. The van der Waals surface area contributed by atoms with Gasteiger partial charge in [-0.05, 0) is 18.6 Å². The highest BCUT2D eigenvalue weighted by Crippen LogP contribution is 2.20. The van der Waals surface area contributed by atoms with Gasteiger partial charge in [0.15, 0.2) is 17.5 Å². The van der Waals surface area contributed by atoms with Crippen LogP contribution in [-0.4, -0.2) is 17.1 Å². The zero-order valence-electron chi connectivity index (χ0n) is 8.43. The lowest BCUT2D eigenvalue weighted by Crippen LogP contribution is -2.28. The van der Waals surface area contributed by atoms with Gasteiger partial charge in [-0.25, -0.2) is 18.0 Å². The van der Waals surface area contributed by atoms with E-state index in [0.29, 0.717) is 0 Å². The van der Waals surface area contributed by atoms with Crippen LogP contribution >= 0.6 is 0 Å². The van der Waals surface area contributed by atoms with Gasteiger partial charge in [-0.15, -0.1) is 0 Å². The fraction of sp³-hybridized carbons (Fsp3) is 0.300. The summed E-state index contributed by atoms with van der Waals surface area (Å²) in [6, 6.07) is 0.647. The van der Waals surface area contributed by atoms with Gasteiger partial charge in [0.25, 0.3) is 0 Å². The van der Waals surface area contributed by atoms with E-state index in [0.717, 1.165) is 12.1 Å². The molecule has 2 N–H and O–H groups in total. The summed E-state index contributed by atoms with van der Waals surface area (Å²) in [6.07, 6.45) is 0.188. The number of aliphatic carboxylic acids is 1. The Labute approximate surface area is 89.9 Å². The zero-order valence-corrected chi connectivity index (χ0v) is 8.43. The molecule has 0 aliphatic carbocycles. The first-order valence-corrected chi connectivity index (χ1v) is 4.60. The Morgan fingerprint density at radius 2 is 2.00 bits per heavy atom. The molecule has 0 saturated heterocycles. The van der Waals surface area contributed by atoms with Crippen molar-refractivity contribution in [3.05, 3.63) is 29.6 Å². The molecule has 0 saturated carbocycles. The number of nitrogens with one attached hydrogen (secondary N) is 1. The maximum atomic E-state index is 13.2. The molecule has 1 aromatic rings. The van der Waals surface area contributed by atoms with Crippen LogP contribution in [0, 0.1) is 17.5 Å². The molecular weight excluding hydrogens is 223 g/mol. The molecule has 0 aromatic heterocycles. The molecular formula is C10H10F3NO2. The van der Waals surface area contributed by atoms with E-state index in [9.17, 15) is 18.0 Å². The van der Waals surface area contributed by atoms with Gasteiger partial charge in [0.2, 0.25) is 0 Å². The summed E-state index contributed by atoms with van der Waals surface area (Å²) in [5.41, 5.74) is -0.367. The molecule has 1 atom stereocenters. The molecule has 0 spiro atoms. The molecule has 3 nitrogen and oxygen atoms in total. The molecule has 16 heavy (non-hydrogen) atoms. The number of halogens is 3. The third-order valence-corrected chi connectivity index (χ3v) is 2.07. The summed E-state index contributed by atoms with van der Waals surface area (Å²) in [6.45, 7) is 1.57. The zero-order chi connectivity index (χ0) is 12.3. The van der Waals surface area contributed by atoms with E-state index < -0.39 is 29.5 Å². The van der Waals surface area contributed by atoms with Crippen LogP contribution < -0.4 is 5.32 Å². The van der Waals surface area contributed by atoms with Gasteiger partial charge in [-0.2, -0.15) is 0 Å². The Morgan fingerprint density at radius 1 is 1.38 bits per heavy atom. The average molecular weight is 233 g/mol. The highest BCUT2D eigenvalue weighted by atomic mass is 19.2. The second-order valence-electron chi connectivity index (χ2n) is 3.17. The predicted molar refractivity (Wildman–Crippen MR) is 51.7 cm³/mol. The van der Waals surface area contributed by atoms with Crippen LogP contribution in [0.1, 0.15) is 13.3 Å². The SMILES string of the molecule is CCC(Nc1ccc(F)c(F)c1F)C(=O)O. The monoisotopic (exact) mass is 233 g/mol. The lowest BCUT2D eigenvalue weighted by atomic mass is 10.2. The van der Waals surface area contributed by atoms with E-state index >= 15 is 0 Å². The van der Waals surface area contributed by atoms with Crippen molar-refractivity contribution >= 4 is 11.7 Å². The molecule has 1 unspecified atom stereocenters. The Kier molecular flexibility index (Phi) is 3.76. The van der Waals surface area contributed by atoms with Crippen LogP contribution in [0.4, 0.5) is 18.9 Å². The Bertz CT molecular complexity index is 409. The summed E-state index contributed by atoms with van der Waals surface area (Å²) in [4.78, 5) is 10.6. The summed E-state index contributed by atoms with van der Waals surface area (Å²) in [7, 11) is 0. The lowest BCUT2D eigenvalue weighted by molar-refractivity contribution is -0.137. The number of rotatable bonds is 4. The molecule has 88 valence electrons. The molecule has 1 aromatic carbocycles. The van der Waals surface area contributed by atoms with E-state index in [1.54, 1.807) is 6.92 Å². The van der Waals surface area contributed by atoms with Crippen molar-refractivity contribution in [3.8, 4) is 0 Å². The maximum Gasteiger partial charge on any atom is 0.326 e. The summed E-state index contributed by atoms with van der Waals surface area (Å²) in [5, 5.41) is 11.0. The fourth-order valence-electron chi connectivity index (χ4n) is 1.16. The van der Waals surface area contributed by atoms with Crippen molar-refractivity contribution in [1.29, 1.82) is 0 Å². The summed E-state index contributed by atoms with van der Waals surface area (Å²) >= 11 is 0. The van der Waals surface area contributed by atoms with E-state index in [1.165, 1.54) is 0 Å². The minimum absolute atomic E-state index is 0.188. The minimum Gasteiger partial charge on any atom is -0.480 e. The van der Waals surface area contributed by atoms with E-state index in [2.05, 4.69) is 5.32 Å². The molecule has 0 heterocycles. The molecule has 6 heteroatoms. The van der Waals surface area contributed by atoms with Gasteiger partial charge in [0.1, 0.15) is 6.04 Å². The highest BCUT2D eigenvalue weighted by Gasteiger charge is 2.19. The van der Waals surface area contributed by atoms with Crippen molar-refractivity contribution in [2.24, 2.45) is 0 Å². The van der Waals surface area contributed by atoms with Gasteiger partial charge >= 0.3 is 5.97 Å². The van der Waals surface area contributed by atoms with Crippen LogP contribution in [0.15, 0.2) is 12.1 Å². The van der Waals surface area contributed by atoms with Gasteiger partial charge in [0.05, 0.1) is 5.69 Å². The van der Waals surface area contributed by atoms with Gasteiger partial charge in [-0.1, -0.05) is 6.92 Å². The second-order valence-corrected chi connectivity index (χ2v) is 3.17. The predicted octanol–water partition coefficient (Wildman–Crippen LogP) is 2.38. The summed E-state index contributed by atoms with van der Waals surface area (Å²) < 4.78 is 38.5. The fourth-order valence-corrected chi connectivity index (χ4v) is 1.16. The van der Waals surface area contributed by atoms with E-state index in [4.69, 9.17) is 5.11 Å². The lowest BCUT2D eigenvalue weighted by Gasteiger charge is -2.14. The van der Waals surface area contributed by atoms with Crippen LogP contribution in [0.3, 0.4) is 0 Å². The molecule has 0 radical (unpaired) electrons. The van der Waals surface area contributed by atoms with Crippen LogP contribution in [0.2, 0.25) is 0 Å². The topological polar surface area (TPSA) is 49.3 Å². The third kappa shape index (κ3) is 2.44. The number of carbonyl (C=O) groups is 1. The summed E-state index contributed by atoms with van der Waals surface area (Å²) in [5.74, 6) is -5.54. The standard InChI is InChI=1S/C10H10F3NO2/c1-2-6(10(15)16)14-7-4-3-5(11)8(12)9(7)13/h3-4,6,14H,2H2,1H3,(H,15,16). The molecule has 0 bridgehead atoms. The normalized spacial score (nSPS) is 12.2. The molecule has 1 rings (SSSR count). The number of anilines is 1. The maximum absolute atomic E-state index is 13.2. The minimum atomic E-state index is -1.62. The van der Waals surface area contributed by atoms with Gasteiger partial charge in [-0.3, -0.25) is 0 Å². The van der Waals surface area contributed by atoms with Crippen LogP contribution in [0.25, 0.3) is 0 Å². The Balaban J connectivity index is 2.97. The number of carboxylic acid groups (broad SMARTS) is 1. The first kappa shape index (κ1) is 12.4. The quantitative estimate of drug-likeness (QED) is 0.785. The third-order valence-electron chi connectivity index (χ3n) is 2.07. The number of hydrogen-bond acceptors (Lipinski definition) is 2. The van der Waals surface area contributed by atoms with Crippen molar-refractivity contribution in [3.63, 3.8) is 0 Å². The smallest absolute Gasteiger partial charge is 0.326 e. The first-order chi connectivity index (χ1) is 7.47. The molecule has 0 fully saturated rings. The molecule has 0 amide bonds. The van der Waals surface area contributed by atoms with E-state index in [1.807, 2.05) is 0 Å². The van der Waals surface area contributed by atoms with Crippen molar-refractivity contribution in [1.82, 2.24) is 0 Å². The Morgan fingerprint density at radius 3 is 2.50 bits per heavy atom. The van der Waals surface area contributed by atoms with Crippen LogP contribution in [0.5, 0.6) is 0 Å². The van der Waals surface area contributed by atoms with Crippen molar-refractivity contribution in [2.45, 2.75) is 19.4 Å².